The number of nitrogens with one attached hydrogen (secondary N) is 1. The molecule has 0 bridgehead atoms. The normalized spacial score (nSPS) is 20.2. The van der Waals surface area contributed by atoms with Gasteiger partial charge in [0.15, 0.2) is 5.65 Å². The first-order valence-corrected chi connectivity index (χ1v) is 10.6. The highest BCUT2D eigenvalue weighted by atomic mass is 19.3. The number of benzene rings is 1. The second kappa shape index (κ2) is 8.23. The molecule has 33 heavy (non-hydrogen) atoms. The molecule has 1 atom stereocenters. The summed E-state index contributed by atoms with van der Waals surface area (Å²) in [5.41, 5.74) is 1.58. The second-order valence-electron chi connectivity index (χ2n) is 8.43. The number of amides is 1. The number of hydrogen-bond acceptors (Lipinski definition) is 7. The first kappa shape index (κ1) is 21.5. The Balaban J connectivity index is 1.49. The maximum atomic E-state index is 13.2. The lowest BCUT2D eigenvalue weighted by Crippen LogP contribution is -2.36. The smallest absolute Gasteiger partial charge is 0.266 e. The minimum atomic E-state index is -2.68. The monoisotopic (exact) mass is 459 g/mol. The molecule has 0 radical (unpaired) electrons. The Hall–Kier alpha value is -3.31. The van der Waals surface area contributed by atoms with Gasteiger partial charge < -0.3 is 24.8 Å². The van der Waals surface area contributed by atoms with E-state index in [9.17, 15) is 18.7 Å². The van der Waals surface area contributed by atoms with Crippen LogP contribution in [0.25, 0.3) is 5.65 Å². The van der Waals surface area contributed by atoms with Crippen molar-refractivity contribution in [3.63, 3.8) is 0 Å². The number of morpholine rings is 1. The number of carbonyl (C=O) groups is 1. The van der Waals surface area contributed by atoms with Crippen molar-refractivity contribution in [3.8, 4) is 5.75 Å². The van der Waals surface area contributed by atoms with E-state index in [1.165, 1.54) is 10.7 Å². The van der Waals surface area contributed by atoms with E-state index in [-0.39, 0.29) is 23.4 Å². The van der Waals surface area contributed by atoms with Crippen LogP contribution in [0, 0.1) is 0 Å². The van der Waals surface area contributed by atoms with E-state index in [1.54, 1.807) is 0 Å². The van der Waals surface area contributed by atoms with Crippen molar-refractivity contribution in [1.82, 2.24) is 14.6 Å². The highest BCUT2D eigenvalue weighted by Gasteiger charge is 2.36. The molecule has 1 unspecified atom stereocenters. The van der Waals surface area contributed by atoms with Gasteiger partial charge in [0.1, 0.15) is 16.9 Å². The van der Waals surface area contributed by atoms with E-state index in [2.05, 4.69) is 20.3 Å². The van der Waals surface area contributed by atoms with Crippen molar-refractivity contribution in [3.05, 3.63) is 47.4 Å². The summed E-state index contributed by atoms with van der Waals surface area (Å²) in [6.45, 7) is 4.11. The van der Waals surface area contributed by atoms with Gasteiger partial charge in [-0.05, 0) is 13.0 Å². The molecule has 1 amide bonds. The molecule has 9 nitrogen and oxygen atoms in total. The van der Waals surface area contributed by atoms with Crippen LogP contribution in [0.5, 0.6) is 5.75 Å². The highest BCUT2D eigenvalue weighted by Crippen LogP contribution is 2.42. The molecular formula is C22H23F2N5O4. The lowest BCUT2D eigenvalue weighted by molar-refractivity contribution is 0.0446. The number of carbonyl (C=O) groups excluding carboxylic acids is 1. The van der Waals surface area contributed by atoms with E-state index in [4.69, 9.17) is 9.47 Å². The molecule has 1 saturated heterocycles. The quantitative estimate of drug-likeness (QED) is 0.604. The molecule has 2 aromatic heterocycles. The van der Waals surface area contributed by atoms with Gasteiger partial charge in [-0.25, -0.2) is 18.3 Å². The number of anilines is 2. The van der Waals surface area contributed by atoms with E-state index >= 15 is 0 Å². The number of ether oxygens (including phenoxy) is 2. The van der Waals surface area contributed by atoms with Crippen LogP contribution in [0.3, 0.4) is 0 Å². The summed E-state index contributed by atoms with van der Waals surface area (Å²) in [5.74, 6) is 0.212. The maximum absolute atomic E-state index is 13.2. The van der Waals surface area contributed by atoms with Gasteiger partial charge >= 0.3 is 0 Å². The third kappa shape index (κ3) is 3.98. The number of hydrogen-bond donors (Lipinski definition) is 2. The predicted molar refractivity (Wildman–Crippen MR) is 115 cm³/mol. The maximum Gasteiger partial charge on any atom is 0.266 e. The molecule has 0 saturated carbocycles. The van der Waals surface area contributed by atoms with Crippen LogP contribution in [-0.4, -0.2) is 64.1 Å². The van der Waals surface area contributed by atoms with Gasteiger partial charge in [-0.15, -0.1) is 0 Å². The molecule has 2 N–H and O–H groups in total. The average Bonchev–Trinajstić information content (AvgIpc) is 3.39. The lowest BCUT2D eigenvalue weighted by Gasteiger charge is -2.31. The second-order valence-corrected chi connectivity index (χ2v) is 8.43. The third-order valence-corrected chi connectivity index (χ3v) is 5.91. The first-order valence-electron chi connectivity index (χ1n) is 10.6. The number of rotatable bonds is 5. The first-order chi connectivity index (χ1) is 15.9. The molecule has 1 aromatic carbocycles. The van der Waals surface area contributed by atoms with Crippen LogP contribution in [0.4, 0.5) is 20.2 Å². The fraction of sp³-hybridized carbons (Fsp3) is 0.409. The zero-order valence-electron chi connectivity index (χ0n) is 17.9. The Bertz CT molecular complexity index is 1210. The molecule has 4 heterocycles. The van der Waals surface area contributed by atoms with Gasteiger partial charge in [-0.2, -0.15) is 5.10 Å². The van der Waals surface area contributed by atoms with Crippen molar-refractivity contribution in [2.75, 3.05) is 43.1 Å². The summed E-state index contributed by atoms with van der Waals surface area (Å²) in [6, 6.07) is 3.73. The van der Waals surface area contributed by atoms with Gasteiger partial charge in [0.2, 0.25) is 0 Å². The number of alkyl halides is 2. The minimum Gasteiger partial charge on any atom is -0.484 e. The van der Waals surface area contributed by atoms with Crippen LogP contribution in [0.1, 0.15) is 34.8 Å². The molecule has 1 fully saturated rings. The van der Waals surface area contributed by atoms with Crippen molar-refractivity contribution in [2.24, 2.45) is 0 Å². The molecule has 0 aliphatic carbocycles. The number of fused-ring (bicyclic) bond motifs is 2. The fourth-order valence-corrected chi connectivity index (χ4v) is 4.16. The predicted octanol–water partition coefficient (Wildman–Crippen LogP) is 2.44. The van der Waals surface area contributed by atoms with Crippen molar-refractivity contribution in [1.29, 1.82) is 0 Å². The van der Waals surface area contributed by atoms with Crippen molar-refractivity contribution >= 4 is 22.9 Å². The fourth-order valence-electron chi connectivity index (χ4n) is 4.16. The van der Waals surface area contributed by atoms with Crippen LogP contribution < -0.4 is 15.0 Å². The zero-order valence-corrected chi connectivity index (χ0v) is 17.9. The number of halogens is 2. The summed E-state index contributed by atoms with van der Waals surface area (Å²) in [6.07, 6.45) is 1.32. The molecule has 0 spiro atoms. The highest BCUT2D eigenvalue weighted by molar-refractivity contribution is 6.09. The Morgan fingerprint density at radius 1 is 1.30 bits per heavy atom. The molecule has 2 aliphatic rings. The Kier molecular flexibility index (Phi) is 5.37. The SMILES string of the molecule is CC1(CO)Cc2cc(NC(=O)c3cnn4cc(C(F)F)cnc34)c(N3CCOCC3)cc2O1. The summed E-state index contributed by atoms with van der Waals surface area (Å²) in [7, 11) is 0. The van der Waals surface area contributed by atoms with Crippen LogP contribution in [-0.2, 0) is 11.2 Å². The van der Waals surface area contributed by atoms with E-state index in [0.717, 1.165) is 23.6 Å². The summed E-state index contributed by atoms with van der Waals surface area (Å²) in [5, 5.41) is 16.7. The van der Waals surface area contributed by atoms with Gasteiger partial charge in [0.05, 0.1) is 43.0 Å². The standard InChI is InChI=1S/C22H23F2N5O4/c1-22(12-30)8-13-6-16(17(7-18(13)33-22)28-2-4-32-5-3-28)27-21(31)15-10-26-29-11-14(19(23)24)9-25-20(15)29/h6-7,9-11,19,30H,2-5,8,12H2,1H3,(H,27,31). The number of nitrogens with zero attached hydrogens (tertiary/aromatic N) is 4. The third-order valence-electron chi connectivity index (χ3n) is 5.91. The largest absolute Gasteiger partial charge is 0.484 e. The molecule has 11 heteroatoms. The zero-order chi connectivity index (χ0) is 23.2. The Morgan fingerprint density at radius 2 is 2.09 bits per heavy atom. The Labute approximate surface area is 187 Å². The van der Waals surface area contributed by atoms with Crippen molar-refractivity contribution in [2.45, 2.75) is 25.4 Å². The molecule has 2 aliphatic heterocycles. The van der Waals surface area contributed by atoms with Crippen molar-refractivity contribution < 1.29 is 28.2 Å². The van der Waals surface area contributed by atoms with Gasteiger partial charge in [0.25, 0.3) is 12.3 Å². The van der Waals surface area contributed by atoms with Gasteiger partial charge in [-0.3, -0.25) is 4.79 Å². The minimum absolute atomic E-state index is 0.134. The van der Waals surface area contributed by atoms with E-state index in [0.29, 0.717) is 44.2 Å². The van der Waals surface area contributed by atoms with Crippen LogP contribution in [0.2, 0.25) is 0 Å². The van der Waals surface area contributed by atoms with Crippen LogP contribution in [0.15, 0.2) is 30.7 Å². The Morgan fingerprint density at radius 3 is 2.82 bits per heavy atom. The summed E-state index contributed by atoms with van der Waals surface area (Å²) >= 11 is 0. The average molecular weight is 459 g/mol. The van der Waals surface area contributed by atoms with Gasteiger partial charge in [-0.1, -0.05) is 0 Å². The number of aliphatic hydroxyl groups is 1. The molecule has 3 aromatic rings. The van der Waals surface area contributed by atoms with Gasteiger partial charge in [0, 0.05) is 43.5 Å². The summed E-state index contributed by atoms with van der Waals surface area (Å²) < 4.78 is 38.5. The molecule has 174 valence electrons. The topological polar surface area (TPSA) is 101 Å². The summed E-state index contributed by atoms with van der Waals surface area (Å²) in [4.78, 5) is 19.3. The van der Waals surface area contributed by atoms with E-state index < -0.39 is 17.9 Å². The number of aromatic nitrogens is 3. The number of aliphatic hydroxyl groups excluding tert-OH is 1. The molecule has 5 rings (SSSR count). The lowest BCUT2D eigenvalue weighted by atomic mass is 9.99. The molecular weight excluding hydrogens is 436 g/mol. The van der Waals surface area contributed by atoms with E-state index in [1.807, 2.05) is 19.1 Å². The van der Waals surface area contributed by atoms with Crippen LogP contribution >= 0.6 is 0 Å².